The summed E-state index contributed by atoms with van der Waals surface area (Å²) in [5, 5.41) is 13.7. The van der Waals surface area contributed by atoms with Crippen molar-refractivity contribution in [3.8, 4) is 11.4 Å². The Labute approximate surface area is 179 Å². The second-order valence-corrected chi connectivity index (χ2v) is 7.31. The summed E-state index contributed by atoms with van der Waals surface area (Å²) in [4.78, 5) is 8.54. The first kappa shape index (κ1) is 21.7. The molecule has 1 fully saturated rings. The lowest BCUT2D eigenvalue weighted by molar-refractivity contribution is 0.270. The van der Waals surface area contributed by atoms with E-state index in [1.807, 2.05) is 19.2 Å². The van der Waals surface area contributed by atoms with Crippen LogP contribution < -0.4 is 10.6 Å². The minimum atomic E-state index is 0. The number of aromatic nitrogens is 3. The topological polar surface area (TPSA) is 78.0 Å². The molecule has 0 aliphatic heterocycles. The highest BCUT2D eigenvalue weighted by Crippen LogP contribution is 2.30. The predicted molar refractivity (Wildman–Crippen MR) is 121 cm³/mol. The van der Waals surface area contributed by atoms with Gasteiger partial charge >= 0.3 is 0 Å². The molecule has 1 aromatic carbocycles. The smallest absolute Gasteiger partial charge is 0.191 e. The summed E-state index contributed by atoms with van der Waals surface area (Å²) in [7, 11) is 1.82. The second kappa shape index (κ2) is 11.3. The van der Waals surface area contributed by atoms with E-state index in [2.05, 4.69) is 49.9 Å². The highest BCUT2D eigenvalue weighted by Gasteiger charge is 2.18. The molecular weight excluding hydrogens is 451 g/mol. The number of hydrogen-bond acceptors (Lipinski definition) is 3. The average Bonchev–Trinajstić information content (AvgIpc) is 3.20. The molecule has 1 heterocycles. The van der Waals surface area contributed by atoms with Crippen LogP contribution in [0.4, 0.5) is 0 Å². The van der Waals surface area contributed by atoms with Crippen molar-refractivity contribution < 1.29 is 0 Å². The molecule has 2 atom stereocenters. The average molecular weight is 482 g/mol. The van der Waals surface area contributed by atoms with Crippen LogP contribution in [0.2, 0.25) is 0 Å². The fraction of sp³-hybridized carbons (Fsp3) is 0.550. The Morgan fingerprint density at radius 2 is 2.19 bits per heavy atom. The molecule has 3 rings (SSSR count). The lowest BCUT2D eigenvalue weighted by Crippen LogP contribution is -2.38. The first-order valence-corrected chi connectivity index (χ1v) is 9.64. The summed E-state index contributed by atoms with van der Waals surface area (Å²) in [6, 6.07) is 8.28. The molecule has 0 amide bonds. The van der Waals surface area contributed by atoms with Gasteiger partial charge in [-0.3, -0.25) is 10.1 Å². The van der Waals surface area contributed by atoms with Gasteiger partial charge in [-0.25, -0.2) is 4.98 Å². The zero-order valence-electron chi connectivity index (χ0n) is 16.2. The SMILES string of the molecule is CN=C(NCCC1CCCC(C)C1)NCc1cccc(-c2ncn[nH]2)c1.I. The van der Waals surface area contributed by atoms with Crippen molar-refractivity contribution in [1.29, 1.82) is 0 Å². The quantitative estimate of drug-likeness (QED) is 0.331. The van der Waals surface area contributed by atoms with Crippen LogP contribution in [-0.4, -0.2) is 34.7 Å². The summed E-state index contributed by atoms with van der Waals surface area (Å²) >= 11 is 0. The maximum atomic E-state index is 4.34. The molecule has 148 valence electrons. The summed E-state index contributed by atoms with van der Waals surface area (Å²) < 4.78 is 0. The number of nitrogens with zero attached hydrogens (tertiary/aromatic N) is 3. The molecular formula is C20H31IN6. The van der Waals surface area contributed by atoms with Crippen LogP contribution in [-0.2, 0) is 6.54 Å². The lowest BCUT2D eigenvalue weighted by Gasteiger charge is -2.26. The third kappa shape index (κ3) is 6.79. The van der Waals surface area contributed by atoms with Crippen molar-refractivity contribution in [2.24, 2.45) is 16.8 Å². The fourth-order valence-corrected chi connectivity index (χ4v) is 3.80. The van der Waals surface area contributed by atoms with E-state index in [4.69, 9.17) is 0 Å². The highest BCUT2D eigenvalue weighted by atomic mass is 127. The third-order valence-electron chi connectivity index (χ3n) is 5.19. The molecule has 1 aliphatic carbocycles. The molecule has 0 spiro atoms. The van der Waals surface area contributed by atoms with Crippen LogP contribution in [0.1, 0.15) is 44.6 Å². The molecule has 27 heavy (non-hydrogen) atoms. The van der Waals surface area contributed by atoms with E-state index in [0.717, 1.165) is 42.3 Å². The van der Waals surface area contributed by atoms with Gasteiger partial charge in [0.15, 0.2) is 11.8 Å². The van der Waals surface area contributed by atoms with E-state index in [-0.39, 0.29) is 24.0 Å². The van der Waals surface area contributed by atoms with Crippen molar-refractivity contribution >= 4 is 29.9 Å². The molecule has 2 unspecified atom stereocenters. The number of nitrogens with one attached hydrogen (secondary N) is 3. The van der Waals surface area contributed by atoms with Gasteiger partial charge in [0.05, 0.1) is 0 Å². The first-order valence-electron chi connectivity index (χ1n) is 9.64. The maximum Gasteiger partial charge on any atom is 0.191 e. The van der Waals surface area contributed by atoms with E-state index in [0.29, 0.717) is 0 Å². The molecule has 6 nitrogen and oxygen atoms in total. The zero-order valence-corrected chi connectivity index (χ0v) is 18.6. The standard InChI is InChI=1S/C20H30N6.HI/c1-15-5-3-6-16(11-15)9-10-22-20(21-2)23-13-17-7-4-8-18(12-17)19-24-14-25-26-19;/h4,7-8,12,14-16H,3,5-6,9-11,13H2,1-2H3,(H2,21,22,23)(H,24,25,26);1H. The van der Waals surface area contributed by atoms with Gasteiger partial charge in [-0.1, -0.05) is 44.4 Å². The fourth-order valence-electron chi connectivity index (χ4n) is 3.80. The maximum absolute atomic E-state index is 4.34. The van der Waals surface area contributed by atoms with Gasteiger partial charge in [0, 0.05) is 25.7 Å². The van der Waals surface area contributed by atoms with Crippen LogP contribution in [0.3, 0.4) is 0 Å². The Hall–Kier alpha value is -1.64. The van der Waals surface area contributed by atoms with Crippen LogP contribution in [0.15, 0.2) is 35.6 Å². The number of halogens is 1. The van der Waals surface area contributed by atoms with Gasteiger partial charge in [-0.05, 0) is 36.3 Å². The zero-order chi connectivity index (χ0) is 18.2. The van der Waals surface area contributed by atoms with Crippen molar-refractivity contribution in [3.05, 3.63) is 36.2 Å². The van der Waals surface area contributed by atoms with E-state index >= 15 is 0 Å². The number of guanidine groups is 1. The van der Waals surface area contributed by atoms with E-state index in [9.17, 15) is 0 Å². The van der Waals surface area contributed by atoms with Crippen molar-refractivity contribution in [2.45, 2.75) is 45.6 Å². The van der Waals surface area contributed by atoms with Crippen LogP contribution in [0, 0.1) is 11.8 Å². The Morgan fingerprint density at radius 3 is 2.93 bits per heavy atom. The minimum Gasteiger partial charge on any atom is -0.356 e. The molecule has 0 bridgehead atoms. The van der Waals surface area contributed by atoms with Crippen LogP contribution in [0.5, 0.6) is 0 Å². The van der Waals surface area contributed by atoms with E-state index in [1.165, 1.54) is 44.0 Å². The normalized spacial score (nSPS) is 20.0. The van der Waals surface area contributed by atoms with Crippen molar-refractivity contribution in [1.82, 2.24) is 25.8 Å². The molecule has 0 radical (unpaired) electrons. The Morgan fingerprint density at radius 1 is 1.30 bits per heavy atom. The summed E-state index contributed by atoms with van der Waals surface area (Å²) in [5.41, 5.74) is 2.22. The monoisotopic (exact) mass is 482 g/mol. The van der Waals surface area contributed by atoms with Gasteiger partial charge in [0.1, 0.15) is 6.33 Å². The Balaban J connectivity index is 0.00000261. The minimum absolute atomic E-state index is 0. The lowest BCUT2D eigenvalue weighted by atomic mass is 9.81. The predicted octanol–water partition coefficient (Wildman–Crippen LogP) is 3.97. The van der Waals surface area contributed by atoms with Gasteiger partial charge < -0.3 is 10.6 Å². The molecule has 0 saturated heterocycles. The molecule has 1 saturated carbocycles. The van der Waals surface area contributed by atoms with Crippen molar-refractivity contribution in [3.63, 3.8) is 0 Å². The van der Waals surface area contributed by atoms with Gasteiger partial charge in [0.25, 0.3) is 0 Å². The van der Waals surface area contributed by atoms with Crippen LogP contribution >= 0.6 is 24.0 Å². The van der Waals surface area contributed by atoms with Gasteiger partial charge in [-0.2, -0.15) is 5.10 Å². The number of aliphatic imine (C=N–C) groups is 1. The first-order chi connectivity index (χ1) is 12.7. The Bertz CT molecular complexity index is 700. The largest absolute Gasteiger partial charge is 0.356 e. The van der Waals surface area contributed by atoms with Crippen molar-refractivity contribution in [2.75, 3.05) is 13.6 Å². The number of aromatic amines is 1. The Kier molecular flexibility index (Phi) is 9.03. The van der Waals surface area contributed by atoms with Gasteiger partial charge in [0.2, 0.25) is 0 Å². The number of benzene rings is 1. The number of H-pyrrole nitrogens is 1. The third-order valence-corrected chi connectivity index (χ3v) is 5.19. The molecule has 7 heteroatoms. The summed E-state index contributed by atoms with van der Waals surface area (Å²) in [6.07, 6.45) is 8.31. The molecule has 1 aliphatic rings. The number of hydrogen-bond donors (Lipinski definition) is 3. The molecule has 2 aromatic rings. The summed E-state index contributed by atoms with van der Waals surface area (Å²) in [6.45, 7) is 4.09. The van der Waals surface area contributed by atoms with E-state index < -0.39 is 0 Å². The molecule has 1 aromatic heterocycles. The van der Waals surface area contributed by atoms with Crippen LogP contribution in [0.25, 0.3) is 11.4 Å². The van der Waals surface area contributed by atoms with E-state index in [1.54, 1.807) is 0 Å². The number of rotatable bonds is 6. The highest BCUT2D eigenvalue weighted by molar-refractivity contribution is 14.0. The summed E-state index contributed by atoms with van der Waals surface area (Å²) in [5.74, 6) is 3.40. The van der Waals surface area contributed by atoms with Gasteiger partial charge in [-0.15, -0.1) is 24.0 Å². The second-order valence-electron chi connectivity index (χ2n) is 7.31. The molecule has 3 N–H and O–H groups in total.